The number of alkyl halides is 3. The normalized spacial score (nSPS) is 11.2. The fourth-order valence-electron chi connectivity index (χ4n) is 2.40. The second kappa shape index (κ2) is 7.40. The minimum absolute atomic E-state index is 0.00172. The number of hydrogen-bond donors (Lipinski definition) is 2. The number of para-hydroxylation sites is 1. The first-order chi connectivity index (χ1) is 12.8. The zero-order valence-corrected chi connectivity index (χ0v) is 13.7. The molecule has 0 aliphatic heterocycles. The van der Waals surface area contributed by atoms with Crippen molar-refractivity contribution in [2.45, 2.75) is 13.0 Å². The summed E-state index contributed by atoms with van der Waals surface area (Å²) in [4.78, 5) is 26.8. The summed E-state index contributed by atoms with van der Waals surface area (Å²) in [6.07, 6.45) is -4.69. The van der Waals surface area contributed by atoms with Gasteiger partial charge in [-0.05, 0) is 17.7 Å². The predicted molar refractivity (Wildman–Crippen MR) is 91.5 cm³/mol. The molecule has 0 bridgehead atoms. The van der Waals surface area contributed by atoms with Crippen LogP contribution in [0.3, 0.4) is 0 Å². The molecule has 3 rings (SSSR count). The van der Waals surface area contributed by atoms with Crippen LogP contribution < -0.4 is 15.5 Å². The lowest BCUT2D eigenvalue weighted by atomic mass is 10.2. The van der Waals surface area contributed by atoms with Gasteiger partial charge in [0.05, 0.1) is 10.9 Å². The van der Waals surface area contributed by atoms with Crippen LogP contribution in [0.4, 0.5) is 23.7 Å². The molecular weight excluding hydrogens is 365 g/mol. The van der Waals surface area contributed by atoms with Gasteiger partial charge in [-0.1, -0.05) is 36.4 Å². The van der Waals surface area contributed by atoms with Gasteiger partial charge in [-0.25, -0.2) is 4.79 Å². The third kappa shape index (κ3) is 4.57. The summed E-state index contributed by atoms with van der Waals surface area (Å²) in [5, 5.41) is 2.20. The first kappa shape index (κ1) is 18.3. The molecule has 9 heteroatoms. The first-order valence-electron chi connectivity index (χ1n) is 7.71. The van der Waals surface area contributed by atoms with Crippen LogP contribution in [0.1, 0.15) is 5.56 Å². The minimum Gasteiger partial charge on any atom is -0.444 e. The van der Waals surface area contributed by atoms with Crippen LogP contribution in [0.15, 0.2) is 59.5 Å². The molecule has 0 fully saturated rings. The summed E-state index contributed by atoms with van der Waals surface area (Å²) in [5.41, 5.74) is -0.213. The van der Waals surface area contributed by atoms with E-state index in [1.165, 1.54) is 12.1 Å². The Hall–Kier alpha value is -3.49. The van der Waals surface area contributed by atoms with Crippen molar-refractivity contribution in [1.82, 2.24) is 4.98 Å². The van der Waals surface area contributed by atoms with Gasteiger partial charge in [-0.2, -0.15) is 0 Å². The highest BCUT2D eigenvalue weighted by Crippen LogP contribution is 2.28. The molecule has 0 atom stereocenters. The van der Waals surface area contributed by atoms with E-state index in [0.29, 0.717) is 0 Å². The van der Waals surface area contributed by atoms with Crippen LogP contribution in [-0.2, 0) is 11.3 Å². The van der Waals surface area contributed by atoms with Crippen molar-refractivity contribution in [3.05, 3.63) is 70.5 Å². The largest absolute Gasteiger partial charge is 0.573 e. The van der Waals surface area contributed by atoms with Crippen LogP contribution in [0.25, 0.3) is 10.9 Å². The number of fused-ring (bicyclic) bond motifs is 1. The second-order valence-electron chi connectivity index (χ2n) is 5.44. The van der Waals surface area contributed by atoms with Gasteiger partial charge in [0.25, 0.3) is 0 Å². The van der Waals surface area contributed by atoms with Gasteiger partial charge < -0.3 is 14.5 Å². The number of amides is 1. The Balaban J connectivity index is 1.78. The number of H-pyrrole nitrogens is 1. The summed E-state index contributed by atoms with van der Waals surface area (Å²) >= 11 is 0. The third-order valence-electron chi connectivity index (χ3n) is 3.55. The smallest absolute Gasteiger partial charge is 0.444 e. The number of nitrogens with one attached hydrogen (secondary N) is 2. The van der Waals surface area contributed by atoms with E-state index < -0.39 is 23.6 Å². The number of benzene rings is 2. The summed E-state index contributed by atoms with van der Waals surface area (Å²) in [6.45, 7) is 0.00172. The number of carbonyl (C=O) groups is 1. The van der Waals surface area contributed by atoms with Crippen molar-refractivity contribution in [2.75, 3.05) is 5.32 Å². The number of halogens is 3. The molecule has 1 aromatic heterocycles. The van der Waals surface area contributed by atoms with E-state index in [0.717, 1.165) is 17.8 Å². The van der Waals surface area contributed by atoms with Crippen molar-refractivity contribution >= 4 is 22.7 Å². The molecule has 0 saturated carbocycles. The average Bonchev–Trinajstić information content (AvgIpc) is 2.62. The lowest BCUT2D eigenvalue weighted by molar-refractivity contribution is -0.274. The van der Waals surface area contributed by atoms with E-state index in [1.807, 2.05) is 6.07 Å². The summed E-state index contributed by atoms with van der Waals surface area (Å²) in [5.74, 6) is -0.546. The SMILES string of the molecule is O=C(Nc1c[nH]c2c(OC(F)(F)F)cccc2c1=O)OCc1ccccc1. The summed E-state index contributed by atoms with van der Waals surface area (Å²) < 4.78 is 46.3. The Kier molecular flexibility index (Phi) is 5.02. The zero-order chi connectivity index (χ0) is 19.4. The average molecular weight is 378 g/mol. The topological polar surface area (TPSA) is 80.4 Å². The van der Waals surface area contributed by atoms with Crippen LogP contribution in [0.2, 0.25) is 0 Å². The molecule has 3 aromatic rings. The molecule has 27 heavy (non-hydrogen) atoms. The van der Waals surface area contributed by atoms with Crippen molar-refractivity contribution < 1.29 is 27.4 Å². The molecule has 6 nitrogen and oxygen atoms in total. The Labute approximate surface area is 150 Å². The highest BCUT2D eigenvalue weighted by Gasteiger charge is 2.32. The lowest BCUT2D eigenvalue weighted by Crippen LogP contribution is -2.20. The molecular formula is C18H13F3N2O4. The zero-order valence-electron chi connectivity index (χ0n) is 13.7. The van der Waals surface area contributed by atoms with Crippen LogP contribution in [-0.4, -0.2) is 17.4 Å². The van der Waals surface area contributed by atoms with Gasteiger partial charge in [-0.15, -0.1) is 13.2 Å². The molecule has 0 unspecified atom stereocenters. The van der Waals surface area contributed by atoms with Crippen LogP contribution in [0, 0.1) is 0 Å². The van der Waals surface area contributed by atoms with Gasteiger partial charge >= 0.3 is 12.5 Å². The standard InChI is InChI=1S/C18H13F3N2O4/c19-18(20,21)27-14-8-4-7-12-15(14)22-9-13(16(12)24)23-17(25)26-10-11-5-2-1-3-6-11/h1-9H,10H2,(H,22,24)(H,23,25). The van der Waals surface area contributed by atoms with E-state index in [2.05, 4.69) is 15.0 Å². The number of rotatable bonds is 4. The Morgan fingerprint density at radius 3 is 2.52 bits per heavy atom. The molecule has 1 amide bonds. The van der Waals surface area contributed by atoms with E-state index in [-0.39, 0.29) is 23.2 Å². The molecule has 0 saturated heterocycles. The molecule has 2 N–H and O–H groups in total. The highest BCUT2D eigenvalue weighted by molar-refractivity contribution is 5.91. The van der Waals surface area contributed by atoms with Crippen molar-refractivity contribution in [3.63, 3.8) is 0 Å². The number of ether oxygens (including phenoxy) is 2. The summed E-state index contributed by atoms with van der Waals surface area (Å²) in [7, 11) is 0. The number of aromatic amines is 1. The Morgan fingerprint density at radius 2 is 1.81 bits per heavy atom. The van der Waals surface area contributed by atoms with Gasteiger partial charge in [-0.3, -0.25) is 10.1 Å². The van der Waals surface area contributed by atoms with Gasteiger partial charge in [0.2, 0.25) is 5.43 Å². The van der Waals surface area contributed by atoms with E-state index >= 15 is 0 Å². The third-order valence-corrected chi connectivity index (χ3v) is 3.55. The summed E-state index contributed by atoms with van der Waals surface area (Å²) in [6, 6.07) is 12.5. The lowest BCUT2D eigenvalue weighted by Gasteiger charge is -2.12. The second-order valence-corrected chi connectivity index (χ2v) is 5.44. The maximum absolute atomic E-state index is 12.5. The maximum atomic E-state index is 12.5. The van der Waals surface area contributed by atoms with E-state index in [1.54, 1.807) is 24.3 Å². The molecule has 0 radical (unpaired) electrons. The number of aromatic nitrogens is 1. The Bertz CT molecular complexity index is 1020. The number of anilines is 1. The van der Waals surface area contributed by atoms with Crippen LogP contribution in [0.5, 0.6) is 5.75 Å². The molecule has 0 spiro atoms. The number of hydrogen-bond acceptors (Lipinski definition) is 4. The number of carbonyl (C=O) groups excluding carboxylic acids is 1. The van der Waals surface area contributed by atoms with Gasteiger partial charge in [0, 0.05) is 6.20 Å². The van der Waals surface area contributed by atoms with Crippen LogP contribution >= 0.6 is 0 Å². The van der Waals surface area contributed by atoms with Gasteiger partial charge in [0.15, 0.2) is 5.75 Å². The van der Waals surface area contributed by atoms with E-state index in [4.69, 9.17) is 4.74 Å². The van der Waals surface area contributed by atoms with Crippen molar-refractivity contribution in [2.24, 2.45) is 0 Å². The molecule has 0 aliphatic rings. The van der Waals surface area contributed by atoms with Crippen molar-refractivity contribution in [3.8, 4) is 5.75 Å². The molecule has 1 heterocycles. The minimum atomic E-state index is -4.90. The molecule has 0 aliphatic carbocycles. The number of pyridine rings is 1. The quantitative estimate of drug-likeness (QED) is 0.714. The molecule has 140 valence electrons. The highest BCUT2D eigenvalue weighted by atomic mass is 19.4. The molecule has 2 aromatic carbocycles. The predicted octanol–water partition coefficient (Wildman–Crippen LogP) is 4.18. The van der Waals surface area contributed by atoms with Gasteiger partial charge in [0.1, 0.15) is 12.3 Å². The fraction of sp³-hybridized carbons (Fsp3) is 0.111. The fourth-order valence-corrected chi connectivity index (χ4v) is 2.40. The maximum Gasteiger partial charge on any atom is 0.573 e. The monoisotopic (exact) mass is 378 g/mol. The first-order valence-corrected chi connectivity index (χ1v) is 7.71. The van der Waals surface area contributed by atoms with Crippen molar-refractivity contribution in [1.29, 1.82) is 0 Å². The van der Waals surface area contributed by atoms with E-state index in [9.17, 15) is 22.8 Å². The Morgan fingerprint density at radius 1 is 1.07 bits per heavy atom.